The molecule has 0 radical (unpaired) electrons. The van der Waals surface area contributed by atoms with Crippen LogP contribution in [0.4, 0.5) is 5.69 Å². The Morgan fingerprint density at radius 3 is 2.60 bits per heavy atom. The zero-order valence-corrected chi connectivity index (χ0v) is 14.3. The van der Waals surface area contributed by atoms with Gasteiger partial charge < -0.3 is 10.2 Å². The lowest BCUT2D eigenvalue weighted by Crippen LogP contribution is -2.48. The molecule has 0 spiro atoms. The maximum Gasteiger partial charge on any atom is 0.254 e. The number of carbonyl (C=O) groups is 2. The lowest BCUT2D eigenvalue weighted by atomic mass is 10.1. The van der Waals surface area contributed by atoms with Gasteiger partial charge in [0.2, 0.25) is 5.91 Å². The summed E-state index contributed by atoms with van der Waals surface area (Å²) >= 11 is 0. The third kappa shape index (κ3) is 4.64. The van der Waals surface area contributed by atoms with Crippen molar-refractivity contribution in [1.29, 1.82) is 0 Å². The highest BCUT2D eigenvalue weighted by atomic mass is 16.2. The van der Waals surface area contributed by atoms with Crippen LogP contribution in [0.3, 0.4) is 0 Å². The van der Waals surface area contributed by atoms with Gasteiger partial charge in [0.1, 0.15) is 0 Å². The standard InChI is InChI=1S/C19H22N4O2/c1-15(24)21-18-6-2-5-17(12-18)19(25)23-10-8-22(9-11-23)14-16-4-3-7-20-13-16/h2-7,12-13H,8-11,14H2,1H3,(H,21,24). The molecule has 2 aromatic rings. The Labute approximate surface area is 147 Å². The molecule has 1 aromatic carbocycles. The van der Waals surface area contributed by atoms with Crippen LogP contribution in [0.25, 0.3) is 0 Å². The first-order valence-electron chi connectivity index (χ1n) is 8.40. The molecule has 0 aliphatic carbocycles. The molecule has 2 amide bonds. The number of anilines is 1. The van der Waals surface area contributed by atoms with Crippen molar-refractivity contribution in [1.82, 2.24) is 14.8 Å². The molecular weight excluding hydrogens is 316 g/mol. The zero-order chi connectivity index (χ0) is 17.6. The number of nitrogens with zero attached hydrogens (tertiary/aromatic N) is 3. The molecule has 1 aromatic heterocycles. The molecule has 0 atom stereocenters. The summed E-state index contributed by atoms with van der Waals surface area (Å²) in [5.74, 6) is -0.137. The van der Waals surface area contributed by atoms with Gasteiger partial charge in [-0.25, -0.2) is 0 Å². The van der Waals surface area contributed by atoms with Crippen molar-refractivity contribution in [2.24, 2.45) is 0 Å². The molecule has 1 aliphatic rings. The molecule has 0 saturated carbocycles. The quantitative estimate of drug-likeness (QED) is 0.926. The number of nitrogens with one attached hydrogen (secondary N) is 1. The molecule has 2 heterocycles. The summed E-state index contributed by atoms with van der Waals surface area (Å²) < 4.78 is 0. The van der Waals surface area contributed by atoms with Crippen molar-refractivity contribution in [3.05, 3.63) is 59.9 Å². The summed E-state index contributed by atoms with van der Waals surface area (Å²) in [5, 5.41) is 2.71. The van der Waals surface area contributed by atoms with Gasteiger partial charge in [-0.1, -0.05) is 12.1 Å². The second-order valence-corrected chi connectivity index (χ2v) is 6.19. The van der Waals surface area contributed by atoms with Crippen LogP contribution in [0, 0.1) is 0 Å². The molecule has 6 heteroatoms. The fraction of sp³-hybridized carbons (Fsp3) is 0.316. The lowest BCUT2D eigenvalue weighted by Gasteiger charge is -2.34. The largest absolute Gasteiger partial charge is 0.336 e. The van der Waals surface area contributed by atoms with Gasteiger partial charge in [-0.05, 0) is 29.8 Å². The predicted molar refractivity (Wildman–Crippen MR) is 96.2 cm³/mol. The number of piperazine rings is 1. The van der Waals surface area contributed by atoms with Crippen LogP contribution < -0.4 is 5.32 Å². The Morgan fingerprint density at radius 2 is 1.92 bits per heavy atom. The Kier molecular flexibility index (Phi) is 5.40. The Balaban J connectivity index is 1.57. The minimum atomic E-state index is -0.145. The highest BCUT2D eigenvalue weighted by Crippen LogP contribution is 2.15. The van der Waals surface area contributed by atoms with Gasteiger partial charge in [0.25, 0.3) is 5.91 Å². The maximum atomic E-state index is 12.7. The second-order valence-electron chi connectivity index (χ2n) is 6.19. The average molecular weight is 338 g/mol. The normalized spacial score (nSPS) is 15.0. The number of pyridine rings is 1. The monoisotopic (exact) mass is 338 g/mol. The van der Waals surface area contributed by atoms with E-state index in [-0.39, 0.29) is 11.8 Å². The summed E-state index contributed by atoms with van der Waals surface area (Å²) in [7, 11) is 0. The van der Waals surface area contributed by atoms with E-state index in [4.69, 9.17) is 0 Å². The number of hydrogen-bond acceptors (Lipinski definition) is 4. The van der Waals surface area contributed by atoms with Crippen molar-refractivity contribution in [2.75, 3.05) is 31.5 Å². The summed E-state index contributed by atoms with van der Waals surface area (Å²) in [6, 6.07) is 11.1. The summed E-state index contributed by atoms with van der Waals surface area (Å²) in [4.78, 5) is 32.2. The van der Waals surface area contributed by atoms with Gasteiger partial charge >= 0.3 is 0 Å². The van der Waals surface area contributed by atoms with Crippen LogP contribution in [0.15, 0.2) is 48.8 Å². The molecule has 130 valence electrons. The van der Waals surface area contributed by atoms with Crippen molar-refractivity contribution in [3.8, 4) is 0 Å². The molecule has 6 nitrogen and oxygen atoms in total. The number of aromatic nitrogens is 1. The lowest BCUT2D eigenvalue weighted by molar-refractivity contribution is -0.114. The fourth-order valence-electron chi connectivity index (χ4n) is 2.97. The molecule has 1 fully saturated rings. The molecule has 1 N–H and O–H groups in total. The summed E-state index contributed by atoms with van der Waals surface area (Å²) in [5.41, 5.74) is 2.44. The number of rotatable bonds is 4. The smallest absolute Gasteiger partial charge is 0.254 e. The first-order chi connectivity index (χ1) is 12.1. The van der Waals surface area contributed by atoms with E-state index in [0.29, 0.717) is 24.3 Å². The van der Waals surface area contributed by atoms with Crippen LogP contribution in [0.1, 0.15) is 22.8 Å². The van der Waals surface area contributed by atoms with Crippen LogP contribution in [-0.2, 0) is 11.3 Å². The number of hydrogen-bond donors (Lipinski definition) is 1. The number of carbonyl (C=O) groups excluding carboxylic acids is 2. The Morgan fingerprint density at radius 1 is 1.12 bits per heavy atom. The molecule has 1 saturated heterocycles. The van der Waals surface area contributed by atoms with E-state index in [1.807, 2.05) is 17.2 Å². The van der Waals surface area contributed by atoms with E-state index in [1.54, 1.807) is 30.5 Å². The van der Waals surface area contributed by atoms with E-state index in [0.717, 1.165) is 19.6 Å². The maximum absolute atomic E-state index is 12.7. The molecule has 0 bridgehead atoms. The van der Waals surface area contributed by atoms with Gasteiger partial charge in [0.05, 0.1) is 0 Å². The molecule has 25 heavy (non-hydrogen) atoms. The van der Waals surface area contributed by atoms with E-state index in [1.165, 1.54) is 12.5 Å². The summed E-state index contributed by atoms with van der Waals surface area (Å²) in [6.07, 6.45) is 3.65. The average Bonchev–Trinajstić information content (AvgIpc) is 2.62. The fourth-order valence-corrected chi connectivity index (χ4v) is 2.97. The third-order valence-corrected chi connectivity index (χ3v) is 4.22. The second kappa shape index (κ2) is 7.90. The Hall–Kier alpha value is -2.73. The third-order valence-electron chi connectivity index (χ3n) is 4.22. The molecule has 0 unspecified atom stereocenters. The van der Waals surface area contributed by atoms with Crippen molar-refractivity contribution in [3.63, 3.8) is 0 Å². The van der Waals surface area contributed by atoms with Crippen molar-refractivity contribution in [2.45, 2.75) is 13.5 Å². The number of amides is 2. The van der Waals surface area contributed by atoms with Gasteiger partial charge in [-0.15, -0.1) is 0 Å². The van der Waals surface area contributed by atoms with Crippen LogP contribution in [0.2, 0.25) is 0 Å². The van der Waals surface area contributed by atoms with Crippen LogP contribution in [0.5, 0.6) is 0 Å². The zero-order valence-electron chi connectivity index (χ0n) is 14.3. The van der Waals surface area contributed by atoms with E-state index < -0.39 is 0 Å². The van der Waals surface area contributed by atoms with Gasteiger partial charge in [-0.2, -0.15) is 0 Å². The van der Waals surface area contributed by atoms with Crippen LogP contribution >= 0.6 is 0 Å². The molecule has 1 aliphatic heterocycles. The predicted octanol–water partition coefficient (Wildman–Crippen LogP) is 2.00. The van der Waals surface area contributed by atoms with E-state index in [2.05, 4.69) is 21.3 Å². The van der Waals surface area contributed by atoms with Crippen molar-refractivity contribution < 1.29 is 9.59 Å². The van der Waals surface area contributed by atoms with E-state index in [9.17, 15) is 9.59 Å². The van der Waals surface area contributed by atoms with Gasteiger partial charge in [0.15, 0.2) is 0 Å². The SMILES string of the molecule is CC(=O)Nc1cccc(C(=O)N2CCN(Cc3cccnc3)CC2)c1. The van der Waals surface area contributed by atoms with Crippen LogP contribution in [-0.4, -0.2) is 52.8 Å². The highest BCUT2D eigenvalue weighted by molar-refractivity contribution is 5.96. The molecule has 3 rings (SSSR count). The highest BCUT2D eigenvalue weighted by Gasteiger charge is 2.22. The van der Waals surface area contributed by atoms with Gasteiger partial charge in [-0.3, -0.25) is 19.5 Å². The molecular formula is C19H22N4O2. The first kappa shape index (κ1) is 17.1. The topological polar surface area (TPSA) is 65.5 Å². The summed E-state index contributed by atoms with van der Waals surface area (Å²) in [6.45, 7) is 5.38. The minimum absolute atomic E-state index is 0.00762. The minimum Gasteiger partial charge on any atom is -0.336 e. The Bertz CT molecular complexity index is 740. The van der Waals surface area contributed by atoms with Crippen molar-refractivity contribution >= 4 is 17.5 Å². The number of benzene rings is 1. The van der Waals surface area contributed by atoms with Gasteiger partial charge in [0, 0.05) is 63.3 Å². The first-order valence-corrected chi connectivity index (χ1v) is 8.40. The van der Waals surface area contributed by atoms with E-state index >= 15 is 0 Å².